The molecule has 0 saturated heterocycles. The topological polar surface area (TPSA) is 51.8 Å². The van der Waals surface area contributed by atoms with E-state index in [-0.39, 0.29) is 0 Å². The van der Waals surface area contributed by atoms with E-state index < -0.39 is 0 Å². The summed E-state index contributed by atoms with van der Waals surface area (Å²) in [5.41, 5.74) is 8.86. The van der Waals surface area contributed by atoms with Crippen molar-refractivity contribution in [3.63, 3.8) is 0 Å². The molecular weight excluding hydrogens is 246 g/mol. The number of rotatable bonds is 1. The highest BCUT2D eigenvalue weighted by Crippen LogP contribution is 2.26. The number of halogens is 1. The second-order valence-electron chi connectivity index (χ2n) is 4.00. The van der Waals surface area contributed by atoms with Gasteiger partial charge in [0.1, 0.15) is 12.1 Å². The lowest BCUT2D eigenvalue weighted by Crippen LogP contribution is -1.93. The van der Waals surface area contributed by atoms with Gasteiger partial charge < -0.3 is 5.73 Å². The molecule has 0 bridgehead atoms. The highest BCUT2D eigenvalue weighted by molar-refractivity contribution is 6.30. The molecule has 0 atom stereocenters. The lowest BCUT2D eigenvalue weighted by atomic mass is 10.0. The van der Waals surface area contributed by atoms with Gasteiger partial charge in [0.15, 0.2) is 0 Å². The first kappa shape index (κ1) is 11.0. The molecule has 0 unspecified atom stereocenters. The van der Waals surface area contributed by atoms with Crippen LogP contribution in [-0.2, 0) is 0 Å². The molecule has 1 heterocycles. The Hall–Kier alpha value is -2.13. The van der Waals surface area contributed by atoms with Crippen LogP contribution < -0.4 is 5.73 Å². The zero-order valence-corrected chi connectivity index (χ0v) is 10.2. The second-order valence-corrected chi connectivity index (χ2v) is 4.43. The summed E-state index contributed by atoms with van der Waals surface area (Å²) in [5.74, 6) is 0.496. The summed E-state index contributed by atoms with van der Waals surface area (Å²) in [6, 6.07) is 13.6. The number of fused-ring (bicyclic) bond motifs is 1. The lowest BCUT2D eigenvalue weighted by molar-refractivity contribution is 1.23. The molecule has 1 aromatic heterocycles. The van der Waals surface area contributed by atoms with Crippen LogP contribution in [0.1, 0.15) is 0 Å². The van der Waals surface area contributed by atoms with Crippen LogP contribution in [0.5, 0.6) is 0 Å². The number of hydrogen-bond donors (Lipinski definition) is 1. The van der Waals surface area contributed by atoms with Crippen LogP contribution in [-0.4, -0.2) is 9.97 Å². The van der Waals surface area contributed by atoms with Crippen molar-refractivity contribution in [2.24, 2.45) is 0 Å². The second kappa shape index (κ2) is 4.27. The van der Waals surface area contributed by atoms with Gasteiger partial charge >= 0.3 is 0 Å². The van der Waals surface area contributed by atoms with Crippen molar-refractivity contribution in [3.05, 3.63) is 53.8 Å². The van der Waals surface area contributed by atoms with Crippen LogP contribution in [0.25, 0.3) is 22.0 Å². The first-order valence-corrected chi connectivity index (χ1v) is 5.88. The van der Waals surface area contributed by atoms with Crippen molar-refractivity contribution < 1.29 is 0 Å². The highest BCUT2D eigenvalue weighted by Gasteiger charge is 2.03. The van der Waals surface area contributed by atoms with Crippen LogP contribution >= 0.6 is 11.6 Å². The molecular formula is C14H10ClN3. The number of hydrogen-bond acceptors (Lipinski definition) is 3. The highest BCUT2D eigenvalue weighted by atomic mass is 35.5. The van der Waals surface area contributed by atoms with E-state index in [0.29, 0.717) is 5.82 Å². The van der Waals surface area contributed by atoms with E-state index in [1.54, 1.807) is 0 Å². The zero-order valence-electron chi connectivity index (χ0n) is 9.47. The van der Waals surface area contributed by atoms with Crippen molar-refractivity contribution in [1.82, 2.24) is 9.97 Å². The van der Waals surface area contributed by atoms with E-state index in [0.717, 1.165) is 27.1 Å². The van der Waals surface area contributed by atoms with E-state index in [1.807, 2.05) is 42.5 Å². The molecule has 0 saturated carbocycles. The molecule has 0 aliphatic heterocycles. The number of nitrogens with zero attached hydrogens (tertiary/aromatic N) is 2. The number of benzene rings is 2. The van der Waals surface area contributed by atoms with Crippen molar-refractivity contribution in [2.45, 2.75) is 0 Å². The van der Waals surface area contributed by atoms with Crippen LogP contribution in [0.3, 0.4) is 0 Å². The third-order valence-corrected chi connectivity index (χ3v) is 3.10. The van der Waals surface area contributed by atoms with Gasteiger partial charge in [-0.1, -0.05) is 29.8 Å². The number of nitrogens with two attached hydrogens (primary N) is 1. The Morgan fingerprint density at radius 1 is 0.889 bits per heavy atom. The molecule has 88 valence electrons. The minimum absolute atomic E-state index is 0.496. The molecule has 4 heteroatoms. The summed E-state index contributed by atoms with van der Waals surface area (Å²) in [5, 5.41) is 1.59. The fraction of sp³-hybridized carbons (Fsp3) is 0. The minimum atomic E-state index is 0.496. The predicted molar refractivity (Wildman–Crippen MR) is 74.4 cm³/mol. The van der Waals surface area contributed by atoms with E-state index in [2.05, 4.69) is 9.97 Å². The van der Waals surface area contributed by atoms with E-state index in [1.165, 1.54) is 6.33 Å². The molecule has 3 nitrogen and oxygen atoms in total. The first-order valence-electron chi connectivity index (χ1n) is 5.50. The Labute approximate surface area is 109 Å². The SMILES string of the molecule is Nc1ncnc2ccc(-c3ccc(Cl)cc3)cc12. The molecule has 0 aliphatic carbocycles. The fourth-order valence-electron chi connectivity index (χ4n) is 1.90. The third-order valence-electron chi connectivity index (χ3n) is 2.84. The molecule has 2 aromatic carbocycles. The van der Waals surface area contributed by atoms with Crippen molar-refractivity contribution in [3.8, 4) is 11.1 Å². The normalized spacial score (nSPS) is 10.7. The maximum atomic E-state index is 5.88. The van der Waals surface area contributed by atoms with Crippen LogP contribution in [0.2, 0.25) is 5.02 Å². The average molecular weight is 256 g/mol. The summed E-state index contributed by atoms with van der Waals surface area (Å²) in [6.07, 6.45) is 1.47. The molecule has 0 fully saturated rings. The molecule has 0 aliphatic rings. The molecule has 0 spiro atoms. The third kappa shape index (κ3) is 1.89. The molecule has 0 amide bonds. The Kier molecular flexibility index (Phi) is 2.61. The Morgan fingerprint density at radius 3 is 2.39 bits per heavy atom. The summed E-state index contributed by atoms with van der Waals surface area (Å²) in [4.78, 5) is 8.18. The van der Waals surface area contributed by atoms with E-state index >= 15 is 0 Å². The predicted octanol–water partition coefficient (Wildman–Crippen LogP) is 3.53. The quantitative estimate of drug-likeness (QED) is 0.724. The maximum Gasteiger partial charge on any atom is 0.134 e. The van der Waals surface area contributed by atoms with Crippen molar-refractivity contribution in [2.75, 3.05) is 5.73 Å². The Bertz CT molecular complexity index is 708. The molecule has 2 N–H and O–H groups in total. The zero-order chi connectivity index (χ0) is 12.5. The number of anilines is 1. The lowest BCUT2D eigenvalue weighted by Gasteiger charge is -2.05. The Balaban J connectivity index is 2.18. The average Bonchev–Trinajstić information content (AvgIpc) is 2.40. The van der Waals surface area contributed by atoms with Crippen LogP contribution in [0, 0.1) is 0 Å². The summed E-state index contributed by atoms with van der Waals surface area (Å²) in [7, 11) is 0. The number of nitrogen functional groups attached to an aromatic ring is 1. The van der Waals surface area contributed by atoms with Gasteiger partial charge in [-0.3, -0.25) is 0 Å². The van der Waals surface area contributed by atoms with Gasteiger partial charge in [-0.05, 0) is 35.4 Å². The van der Waals surface area contributed by atoms with Gasteiger partial charge in [-0.2, -0.15) is 0 Å². The van der Waals surface area contributed by atoms with Gasteiger partial charge in [-0.25, -0.2) is 9.97 Å². The standard InChI is InChI=1S/C14H10ClN3/c15-11-4-1-9(2-5-11)10-3-6-13-12(7-10)14(16)18-8-17-13/h1-8H,(H2,16,17,18). The monoisotopic (exact) mass is 255 g/mol. The van der Waals surface area contributed by atoms with Crippen molar-refractivity contribution >= 4 is 28.3 Å². The summed E-state index contributed by atoms with van der Waals surface area (Å²) in [6.45, 7) is 0. The molecule has 0 radical (unpaired) electrons. The molecule has 3 aromatic rings. The van der Waals surface area contributed by atoms with E-state index in [9.17, 15) is 0 Å². The molecule has 3 rings (SSSR count). The Morgan fingerprint density at radius 2 is 1.61 bits per heavy atom. The van der Waals surface area contributed by atoms with Gasteiger partial charge in [0.2, 0.25) is 0 Å². The minimum Gasteiger partial charge on any atom is -0.383 e. The largest absolute Gasteiger partial charge is 0.383 e. The van der Waals surface area contributed by atoms with Gasteiger partial charge in [0.05, 0.1) is 5.52 Å². The smallest absolute Gasteiger partial charge is 0.134 e. The molecule has 18 heavy (non-hydrogen) atoms. The van der Waals surface area contributed by atoms with Gasteiger partial charge in [0.25, 0.3) is 0 Å². The van der Waals surface area contributed by atoms with Gasteiger partial charge in [-0.15, -0.1) is 0 Å². The number of aromatic nitrogens is 2. The van der Waals surface area contributed by atoms with E-state index in [4.69, 9.17) is 17.3 Å². The van der Waals surface area contributed by atoms with Crippen LogP contribution in [0.15, 0.2) is 48.8 Å². The van der Waals surface area contributed by atoms with Crippen molar-refractivity contribution in [1.29, 1.82) is 0 Å². The summed E-state index contributed by atoms with van der Waals surface area (Å²) >= 11 is 5.88. The maximum absolute atomic E-state index is 5.88. The summed E-state index contributed by atoms with van der Waals surface area (Å²) < 4.78 is 0. The van der Waals surface area contributed by atoms with Gasteiger partial charge in [0, 0.05) is 10.4 Å². The fourth-order valence-corrected chi connectivity index (χ4v) is 2.02. The van der Waals surface area contributed by atoms with Crippen LogP contribution in [0.4, 0.5) is 5.82 Å². The first-order chi connectivity index (χ1) is 8.74.